The number of hydrogen-bond donors (Lipinski definition) is 1. The standard InChI is InChI=1S/C22H24N2O7S/c1-30-21(26)16-8-9-18(22(27)31-2)19(14-16)23-20(25)15-10-12-24(13-11-15)32(28,29)17-6-4-3-5-7-17/h3-9,14-15H,10-13H2,1-2H3,(H,23,25). The molecule has 1 aliphatic rings. The fourth-order valence-electron chi connectivity index (χ4n) is 3.52. The molecule has 9 nitrogen and oxygen atoms in total. The van der Waals surface area contributed by atoms with E-state index in [-0.39, 0.29) is 40.7 Å². The molecule has 0 saturated carbocycles. The lowest BCUT2D eigenvalue weighted by Gasteiger charge is -2.30. The lowest BCUT2D eigenvalue weighted by Crippen LogP contribution is -2.41. The molecule has 170 valence electrons. The van der Waals surface area contributed by atoms with Gasteiger partial charge in [-0.3, -0.25) is 4.79 Å². The van der Waals surface area contributed by atoms with Crippen LogP contribution in [0.5, 0.6) is 0 Å². The second-order valence-electron chi connectivity index (χ2n) is 7.22. The number of esters is 2. The number of amides is 1. The van der Waals surface area contributed by atoms with Crippen LogP contribution in [0.3, 0.4) is 0 Å². The maximum atomic E-state index is 12.9. The van der Waals surface area contributed by atoms with Gasteiger partial charge in [0.25, 0.3) is 0 Å². The van der Waals surface area contributed by atoms with E-state index in [1.807, 2.05) is 0 Å². The fraction of sp³-hybridized carbons (Fsp3) is 0.318. The number of sulfonamides is 1. The van der Waals surface area contributed by atoms with Gasteiger partial charge in [-0.05, 0) is 43.2 Å². The zero-order chi connectivity index (χ0) is 23.3. The van der Waals surface area contributed by atoms with Gasteiger partial charge in [0, 0.05) is 19.0 Å². The molecule has 0 spiro atoms. The molecule has 2 aromatic rings. The van der Waals surface area contributed by atoms with Gasteiger partial charge in [0.1, 0.15) is 0 Å². The van der Waals surface area contributed by atoms with Crippen LogP contribution >= 0.6 is 0 Å². The van der Waals surface area contributed by atoms with Gasteiger partial charge in [-0.2, -0.15) is 4.31 Å². The summed E-state index contributed by atoms with van der Waals surface area (Å²) in [6.07, 6.45) is 0.643. The smallest absolute Gasteiger partial charge is 0.339 e. The minimum absolute atomic E-state index is 0.0950. The van der Waals surface area contributed by atoms with Crippen molar-refractivity contribution in [3.05, 3.63) is 59.7 Å². The molecular formula is C22H24N2O7S. The Morgan fingerprint density at radius 1 is 0.938 bits per heavy atom. The number of methoxy groups -OCH3 is 2. The van der Waals surface area contributed by atoms with E-state index in [0.29, 0.717) is 12.8 Å². The van der Waals surface area contributed by atoms with E-state index in [9.17, 15) is 22.8 Å². The number of benzene rings is 2. The summed E-state index contributed by atoms with van der Waals surface area (Å²) in [4.78, 5) is 37.0. The summed E-state index contributed by atoms with van der Waals surface area (Å²) < 4.78 is 36.3. The van der Waals surface area contributed by atoms with Crippen molar-refractivity contribution in [1.82, 2.24) is 4.31 Å². The van der Waals surface area contributed by atoms with Crippen LogP contribution in [0.2, 0.25) is 0 Å². The van der Waals surface area contributed by atoms with Crippen molar-refractivity contribution in [2.24, 2.45) is 5.92 Å². The molecule has 10 heteroatoms. The van der Waals surface area contributed by atoms with Gasteiger partial charge >= 0.3 is 11.9 Å². The minimum Gasteiger partial charge on any atom is -0.465 e. The lowest BCUT2D eigenvalue weighted by atomic mass is 9.97. The largest absolute Gasteiger partial charge is 0.465 e. The molecule has 2 aromatic carbocycles. The van der Waals surface area contributed by atoms with Gasteiger partial charge in [0.15, 0.2) is 0 Å². The van der Waals surface area contributed by atoms with Crippen molar-refractivity contribution >= 4 is 33.6 Å². The number of carbonyl (C=O) groups excluding carboxylic acids is 3. The third kappa shape index (κ3) is 4.97. The Morgan fingerprint density at radius 2 is 1.56 bits per heavy atom. The highest BCUT2D eigenvalue weighted by molar-refractivity contribution is 7.89. The summed E-state index contributed by atoms with van der Waals surface area (Å²) in [6.45, 7) is 0.392. The minimum atomic E-state index is -3.62. The molecule has 0 atom stereocenters. The summed E-state index contributed by atoms with van der Waals surface area (Å²) in [6, 6.07) is 12.3. The first-order valence-corrected chi connectivity index (χ1v) is 11.4. The molecule has 0 aromatic heterocycles. The molecule has 1 aliphatic heterocycles. The zero-order valence-corrected chi connectivity index (χ0v) is 18.6. The first-order chi connectivity index (χ1) is 15.3. The molecular weight excluding hydrogens is 436 g/mol. The van der Waals surface area contributed by atoms with Crippen LogP contribution < -0.4 is 5.32 Å². The van der Waals surface area contributed by atoms with Crippen LogP contribution in [-0.4, -0.2) is 57.9 Å². The molecule has 32 heavy (non-hydrogen) atoms. The Labute approximate surface area is 186 Å². The van der Waals surface area contributed by atoms with E-state index in [4.69, 9.17) is 4.74 Å². The van der Waals surface area contributed by atoms with Crippen molar-refractivity contribution in [2.75, 3.05) is 32.6 Å². The maximum Gasteiger partial charge on any atom is 0.339 e. The molecule has 1 saturated heterocycles. The van der Waals surface area contributed by atoms with Crippen molar-refractivity contribution in [3.63, 3.8) is 0 Å². The van der Waals surface area contributed by atoms with Crippen molar-refractivity contribution in [3.8, 4) is 0 Å². The molecule has 0 bridgehead atoms. The Morgan fingerprint density at radius 3 is 2.16 bits per heavy atom. The fourth-order valence-corrected chi connectivity index (χ4v) is 5.01. The van der Waals surface area contributed by atoms with Crippen LogP contribution in [0.15, 0.2) is 53.4 Å². The number of anilines is 1. The second-order valence-corrected chi connectivity index (χ2v) is 9.16. The van der Waals surface area contributed by atoms with E-state index < -0.39 is 27.9 Å². The van der Waals surface area contributed by atoms with E-state index in [1.165, 1.54) is 48.9 Å². The number of hydrogen-bond acceptors (Lipinski definition) is 7. The average Bonchev–Trinajstić information content (AvgIpc) is 2.83. The molecule has 1 N–H and O–H groups in total. The molecule has 1 fully saturated rings. The third-order valence-corrected chi connectivity index (χ3v) is 7.22. The van der Waals surface area contributed by atoms with Gasteiger partial charge in [0.05, 0.1) is 35.9 Å². The summed E-state index contributed by atoms with van der Waals surface area (Å²) in [7, 11) is -1.18. The monoisotopic (exact) mass is 460 g/mol. The quantitative estimate of drug-likeness (QED) is 0.657. The first-order valence-electron chi connectivity index (χ1n) is 9.94. The van der Waals surface area contributed by atoms with Gasteiger partial charge in [-0.25, -0.2) is 18.0 Å². The zero-order valence-electron chi connectivity index (χ0n) is 17.7. The van der Waals surface area contributed by atoms with Gasteiger partial charge < -0.3 is 14.8 Å². The summed E-state index contributed by atoms with van der Waals surface area (Å²) >= 11 is 0. The molecule has 3 rings (SSSR count). The summed E-state index contributed by atoms with van der Waals surface area (Å²) in [5, 5.41) is 2.68. The van der Waals surface area contributed by atoms with Crippen LogP contribution in [0.1, 0.15) is 33.6 Å². The predicted molar refractivity (Wildman–Crippen MR) is 116 cm³/mol. The number of carbonyl (C=O) groups is 3. The van der Waals surface area contributed by atoms with Crippen LogP contribution in [0, 0.1) is 5.92 Å². The summed E-state index contributed by atoms with van der Waals surface area (Å²) in [5.74, 6) is -2.10. The predicted octanol–water partition coefficient (Wildman–Crippen LogP) is 2.30. The van der Waals surface area contributed by atoms with Crippen molar-refractivity contribution in [2.45, 2.75) is 17.7 Å². The van der Waals surface area contributed by atoms with E-state index in [2.05, 4.69) is 10.1 Å². The second kappa shape index (κ2) is 9.92. The topological polar surface area (TPSA) is 119 Å². The van der Waals surface area contributed by atoms with Crippen LogP contribution in [0.25, 0.3) is 0 Å². The molecule has 1 amide bonds. The van der Waals surface area contributed by atoms with E-state index in [0.717, 1.165) is 0 Å². The Balaban J connectivity index is 1.72. The normalized spacial score (nSPS) is 15.1. The van der Waals surface area contributed by atoms with Crippen molar-refractivity contribution < 1.29 is 32.3 Å². The van der Waals surface area contributed by atoms with E-state index in [1.54, 1.807) is 18.2 Å². The summed E-state index contributed by atoms with van der Waals surface area (Å²) in [5.41, 5.74) is 0.390. The highest BCUT2D eigenvalue weighted by atomic mass is 32.2. The average molecular weight is 461 g/mol. The van der Waals surface area contributed by atoms with Crippen molar-refractivity contribution in [1.29, 1.82) is 0 Å². The SMILES string of the molecule is COC(=O)c1ccc(C(=O)OC)c(NC(=O)C2CCN(S(=O)(=O)c3ccccc3)CC2)c1. The Kier molecular flexibility index (Phi) is 7.26. The van der Waals surface area contributed by atoms with Gasteiger partial charge in [-0.15, -0.1) is 0 Å². The molecule has 0 aliphatic carbocycles. The Bertz CT molecular complexity index is 1110. The number of nitrogens with one attached hydrogen (secondary N) is 1. The lowest BCUT2D eigenvalue weighted by molar-refractivity contribution is -0.120. The molecule has 0 unspecified atom stereocenters. The third-order valence-electron chi connectivity index (χ3n) is 5.31. The van der Waals surface area contributed by atoms with Crippen LogP contribution in [0.4, 0.5) is 5.69 Å². The highest BCUT2D eigenvalue weighted by Crippen LogP contribution is 2.26. The van der Waals surface area contributed by atoms with Crippen LogP contribution in [-0.2, 0) is 24.3 Å². The van der Waals surface area contributed by atoms with Gasteiger partial charge in [0.2, 0.25) is 15.9 Å². The molecule has 0 radical (unpaired) electrons. The molecule has 1 heterocycles. The van der Waals surface area contributed by atoms with Gasteiger partial charge in [-0.1, -0.05) is 18.2 Å². The number of rotatable bonds is 6. The van der Waals surface area contributed by atoms with E-state index >= 15 is 0 Å². The number of ether oxygens (including phenoxy) is 2. The first kappa shape index (κ1) is 23.4. The highest BCUT2D eigenvalue weighted by Gasteiger charge is 2.32. The number of nitrogens with zero attached hydrogens (tertiary/aromatic N) is 1. The number of piperidine rings is 1. The maximum absolute atomic E-state index is 12.9. The Hall–Kier alpha value is -3.24.